The highest BCUT2D eigenvalue weighted by Crippen LogP contribution is 2.30. The molecule has 1 unspecified atom stereocenters. The number of alkyl halides is 3. The summed E-state index contributed by atoms with van der Waals surface area (Å²) in [5.74, 6) is -2.37. The lowest BCUT2D eigenvalue weighted by atomic mass is 10.2. The highest BCUT2D eigenvalue weighted by Gasteiger charge is 2.30. The standard InChI is InChI=1S/C23H20F5N3O2/c24-20-6-5-19(11-21(20)25)33-14-22(32)29-16-7-9-30(12-16)18-8-10-31(13-18)17-3-1-15(2-4-17)23(26,27)28/h1-6,8,10-11,13,16H,7,9,12,14H2,(H,29,32). The van der Waals surface area contributed by atoms with Crippen molar-refractivity contribution >= 4 is 11.6 Å². The molecule has 1 N–H and O–H groups in total. The van der Waals surface area contributed by atoms with Crippen LogP contribution in [0, 0.1) is 11.6 Å². The van der Waals surface area contributed by atoms with Crippen LogP contribution in [0.1, 0.15) is 12.0 Å². The molecule has 10 heteroatoms. The molecule has 1 aliphatic rings. The highest BCUT2D eigenvalue weighted by molar-refractivity contribution is 5.78. The first kappa shape index (κ1) is 22.6. The zero-order valence-corrected chi connectivity index (χ0v) is 17.3. The number of amides is 1. The number of hydrogen-bond acceptors (Lipinski definition) is 3. The lowest BCUT2D eigenvalue weighted by Crippen LogP contribution is -2.39. The Bertz CT molecular complexity index is 1130. The van der Waals surface area contributed by atoms with E-state index < -0.39 is 23.4 Å². The van der Waals surface area contributed by atoms with Crippen LogP contribution >= 0.6 is 0 Å². The number of aromatic nitrogens is 1. The van der Waals surface area contributed by atoms with Crippen molar-refractivity contribution < 1.29 is 31.5 Å². The van der Waals surface area contributed by atoms with Gasteiger partial charge in [-0.25, -0.2) is 8.78 Å². The summed E-state index contributed by atoms with van der Waals surface area (Å²) >= 11 is 0. The molecule has 1 aromatic heterocycles. The Kier molecular flexibility index (Phi) is 6.26. The van der Waals surface area contributed by atoms with Crippen LogP contribution in [0.5, 0.6) is 5.75 Å². The quantitative estimate of drug-likeness (QED) is 0.544. The Morgan fingerprint density at radius 2 is 1.79 bits per heavy atom. The van der Waals surface area contributed by atoms with Gasteiger partial charge in [0.05, 0.1) is 11.3 Å². The van der Waals surface area contributed by atoms with Crippen LogP contribution in [-0.4, -0.2) is 36.2 Å². The maximum absolute atomic E-state index is 13.2. The van der Waals surface area contributed by atoms with E-state index in [9.17, 15) is 26.7 Å². The molecule has 2 heterocycles. The lowest BCUT2D eigenvalue weighted by Gasteiger charge is -2.17. The molecule has 3 aromatic rings. The second-order valence-electron chi connectivity index (χ2n) is 7.69. The molecule has 1 fully saturated rings. The smallest absolute Gasteiger partial charge is 0.416 e. The largest absolute Gasteiger partial charge is 0.484 e. The number of anilines is 1. The third-order valence-corrected chi connectivity index (χ3v) is 5.35. The molecule has 0 spiro atoms. The molecule has 0 radical (unpaired) electrons. The fourth-order valence-electron chi connectivity index (χ4n) is 3.65. The fourth-order valence-corrected chi connectivity index (χ4v) is 3.65. The normalized spacial score (nSPS) is 16.2. The van der Waals surface area contributed by atoms with Gasteiger partial charge in [0.2, 0.25) is 0 Å². The summed E-state index contributed by atoms with van der Waals surface area (Å²) in [6.45, 7) is 0.909. The molecule has 2 aromatic carbocycles. The van der Waals surface area contributed by atoms with Gasteiger partial charge in [-0.1, -0.05) is 0 Å². The second-order valence-corrected chi connectivity index (χ2v) is 7.69. The van der Waals surface area contributed by atoms with E-state index in [0.717, 1.165) is 30.0 Å². The van der Waals surface area contributed by atoms with Gasteiger partial charge < -0.3 is 19.5 Å². The Balaban J connectivity index is 1.29. The first-order chi connectivity index (χ1) is 15.7. The minimum Gasteiger partial charge on any atom is -0.484 e. The van der Waals surface area contributed by atoms with E-state index in [0.29, 0.717) is 25.2 Å². The van der Waals surface area contributed by atoms with Crippen LogP contribution in [0.2, 0.25) is 0 Å². The van der Waals surface area contributed by atoms with Gasteiger partial charge in [0.15, 0.2) is 18.2 Å². The van der Waals surface area contributed by atoms with Crippen molar-refractivity contribution in [1.29, 1.82) is 0 Å². The number of carbonyl (C=O) groups is 1. The van der Waals surface area contributed by atoms with E-state index in [2.05, 4.69) is 10.2 Å². The molecular weight excluding hydrogens is 445 g/mol. The summed E-state index contributed by atoms with van der Waals surface area (Å²) in [7, 11) is 0. The van der Waals surface area contributed by atoms with Gasteiger partial charge in [-0.05, 0) is 48.9 Å². The zero-order valence-electron chi connectivity index (χ0n) is 17.3. The predicted octanol–water partition coefficient (Wildman–Crippen LogP) is 4.55. The van der Waals surface area contributed by atoms with Gasteiger partial charge in [-0.15, -0.1) is 0 Å². The van der Waals surface area contributed by atoms with Gasteiger partial charge >= 0.3 is 6.18 Å². The number of ether oxygens (including phenoxy) is 1. The van der Waals surface area contributed by atoms with Crippen molar-refractivity contribution in [3.63, 3.8) is 0 Å². The van der Waals surface area contributed by atoms with Gasteiger partial charge in [0, 0.05) is 43.3 Å². The van der Waals surface area contributed by atoms with Crippen molar-refractivity contribution in [2.75, 3.05) is 24.6 Å². The van der Waals surface area contributed by atoms with Gasteiger partial charge in [-0.3, -0.25) is 4.79 Å². The Hall–Kier alpha value is -3.56. The minimum atomic E-state index is -4.38. The Labute approximate surface area is 186 Å². The Morgan fingerprint density at radius 1 is 1.03 bits per heavy atom. The third-order valence-electron chi connectivity index (χ3n) is 5.35. The van der Waals surface area contributed by atoms with Gasteiger partial charge in [0.1, 0.15) is 5.75 Å². The monoisotopic (exact) mass is 465 g/mol. The first-order valence-electron chi connectivity index (χ1n) is 10.2. The molecule has 0 aliphatic carbocycles. The van der Waals surface area contributed by atoms with Gasteiger partial charge in [-0.2, -0.15) is 13.2 Å². The minimum absolute atomic E-state index is 0.0571. The molecular formula is C23H20F5N3O2. The number of halogens is 5. The maximum atomic E-state index is 13.2. The van der Waals surface area contributed by atoms with Crippen LogP contribution in [0.3, 0.4) is 0 Å². The highest BCUT2D eigenvalue weighted by atomic mass is 19.4. The van der Waals surface area contributed by atoms with Crippen LogP contribution in [0.4, 0.5) is 27.6 Å². The number of rotatable bonds is 6. The average Bonchev–Trinajstić information content (AvgIpc) is 3.44. The van der Waals surface area contributed by atoms with Crippen LogP contribution in [0.25, 0.3) is 5.69 Å². The average molecular weight is 465 g/mol. The molecule has 1 atom stereocenters. The molecule has 1 aliphatic heterocycles. The summed E-state index contributed by atoms with van der Waals surface area (Å²) in [5.41, 5.74) is 0.780. The maximum Gasteiger partial charge on any atom is 0.416 e. The van der Waals surface area contributed by atoms with Crippen molar-refractivity contribution in [3.8, 4) is 11.4 Å². The summed E-state index contributed by atoms with van der Waals surface area (Å²) in [6.07, 6.45) is -0.101. The van der Waals surface area contributed by atoms with Crippen molar-refractivity contribution in [2.24, 2.45) is 0 Å². The molecule has 1 amide bonds. The number of benzene rings is 2. The van der Waals surface area contributed by atoms with E-state index in [1.807, 2.05) is 12.3 Å². The summed E-state index contributed by atoms with van der Waals surface area (Å²) in [6, 6.07) is 9.67. The van der Waals surface area contributed by atoms with E-state index in [1.165, 1.54) is 18.2 Å². The first-order valence-corrected chi connectivity index (χ1v) is 10.2. The van der Waals surface area contributed by atoms with Crippen molar-refractivity contribution in [2.45, 2.75) is 18.6 Å². The van der Waals surface area contributed by atoms with Crippen molar-refractivity contribution in [1.82, 2.24) is 9.88 Å². The van der Waals surface area contributed by atoms with Crippen LogP contribution < -0.4 is 15.0 Å². The van der Waals surface area contributed by atoms with E-state index >= 15 is 0 Å². The number of nitrogens with zero attached hydrogens (tertiary/aromatic N) is 2. The third kappa shape index (κ3) is 5.44. The van der Waals surface area contributed by atoms with E-state index in [-0.39, 0.29) is 24.3 Å². The molecule has 4 rings (SSSR count). The molecule has 0 bridgehead atoms. The van der Waals surface area contributed by atoms with E-state index in [4.69, 9.17) is 4.74 Å². The molecule has 0 saturated carbocycles. The Morgan fingerprint density at radius 3 is 2.48 bits per heavy atom. The predicted molar refractivity (Wildman–Crippen MR) is 111 cm³/mol. The topological polar surface area (TPSA) is 46.5 Å². The summed E-state index contributed by atoms with van der Waals surface area (Å²) in [4.78, 5) is 14.2. The number of hydrogen-bond donors (Lipinski definition) is 1. The summed E-state index contributed by atoms with van der Waals surface area (Å²) < 4.78 is 71.3. The van der Waals surface area contributed by atoms with Gasteiger partial charge in [0.25, 0.3) is 5.91 Å². The van der Waals surface area contributed by atoms with Crippen LogP contribution in [-0.2, 0) is 11.0 Å². The van der Waals surface area contributed by atoms with Crippen molar-refractivity contribution in [3.05, 3.63) is 78.1 Å². The fraction of sp³-hybridized carbons (Fsp3) is 0.261. The molecule has 33 heavy (non-hydrogen) atoms. The molecule has 5 nitrogen and oxygen atoms in total. The SMILES string of the molecule is O=C(COc1ccc(F)c(F)c1)NC1CCN(c2ccn(-c3ccc(C(F)(F)F)cc3)c2)C1. The number of nitrogens with one attached hydrogen (secondary N) is 1. The number of carbonyl (C=O) groups excluding carboxylic acids is 1. The van der Waals surface area contributed by atoms with E-state index in [1.54, 1.807) is 10.8 Å². The lowest BCUT2D eigenvalue weighted by molar-refractivity contribution is -0.137. The molecule has 1 saturated heterocycles. The van der Waals surface area contributed by atoms with Crippen LogP contribution in [0.15, 0.2) is 60.9 Å². The second kappa shape index (κ2) is 9.13. The molecule has 174 valence electrons. The summed E-state index contributed by atoms with van der Waals surface area (Å²) in [5, 5.41) is 2.85. The zero-order chi connectivity index (χ0) is 23.6.